The van der Waals surface area contributed by atoms with Crippen LogP contribution in [-0.2, 0) is 4.74 Å². The number of aromatic nitrogens is 2. The van der Waals surface area contributed by atoms with E-state index in [1.807, 2.05) is 0 Å². The van der Waals surface area contributed by atoms with Gasteiger partial charge in [0.05, 0.1) is 42.2 Å². The third-order valence-corrected chi connectivity index (χ3v) is 3.59. The Kier molecular flexibility index (Phi) is 4.26. The summed E-state index contributed by atoms with van der Waals surface area (Å²) in [5.41, 5.74) is 0.206. The number of carbonyl (C=O) groups is 1. The Labute approximate surface area is 130 Å². The summed E-state index contributed by atoms with van der Waals surface area (Å²) >= 11 is 5.89. The summed E-state index contributed by atoms with van der Waals surface area (Å²) in [6, 6.07) is 3.30. The summed E-state index contributed by atoms with van der Waals surface area (Å²) in [7, 11) is 0. The zero-order valence-electron chi connectivity index (χ0n) is 11.4. The molecule has 8 heteroatoms. The lowest BCUT2D eigenvalue weighted by atomic mass is 10.1. The van der Waals surface area contributed by atoms with Crippen molar-refractivity contribution in [2.24, 2.45) is 0 Å². The molecule has 22 heavy (non-hydrogen) atoms. The van der Waals surface area contributed by atoms with Crippen molar-refractivity contribution >= 4 is 17.5 Å². The van der Waals surface area contributed by atoms with Gasteiger partial charge in [-0.3, -0.25) is 9.89 Å². The average Bonchev–Trinajstić information content (AvgIpc) is 3.12. The van der Waals surface area contributed by atoms with Gasteiger partial charge in [-0.1, -0.05) is 11.6 Å². The molecule has 0 radical (unpaired) electrons. The van der Waals surface area contributed by atoms with E-state index in [9.17, 15) is 9.18 Å². The first-order chi connectivity index (χ1) is 10.6. The highest BCUT2D eigenvalue weighted by atomic mass is 35.5. The van der Waals surface area contributed by atoms with E-state index in [4.69, 9.17) is 21.1 Å². The van der Waals surface area contributed by atoms with Gasteiger partial charge in [-0.15, -0.1) is 0 Å². The van der Waals surface area contributed by atoms with Crippen molar-refractivity contribution < 1.29 is 18.7 Å². The van der Waals surface area contributed by atoms with Crippen LogP contribution in [0.4, 0.5) is 4.39 Å². The van der Waals surface area contributed by atoms with Crippen LogP contribution in [0.1, 0.15) is 10.4 Å². The van der Waals surface area contributed by atoms with Crippen LogP contribution in [0.2, 0.25) is 5.02 Å². The number of ether oxygens (including phenoxy) is 2. The minimum absolute atomic E-state index is 0.0590. The first-order valence-corrected chi connectivity index (χ1v) is 7.00. The highest BCUT2D eigenvalue weighted by molar-refractivity contribution is 6.33. The minimum Gasteiger partial charge on any atom is -0.482 e. The maximum absolute atomic E-state index is 13.0. The number of H-pyrrole nitrogens is 1. The van der Waals surface area contributed by atoms with E-state index in [1.54, 1.807) is 6.20 Å². The molecule has 2 N–H and O–H groups in total. The Morgan fingerprint density at radius 3 is 3.09 bits per heavy atom. The van der Waals surface area contributed by atoms with E-state index in [-0.39, 0.29) is 22.7 Å². The number of carbonyl (C=O) groups excluding carboxylic acids is 1. The molecule has 1 saturated heterocycles. The number of hydrogen-bond acceptors (Lipinski definition) is 4. The van der Waals surface area contributed by atoms with Gasteiger partial charge < -0.3 is 14.8 Å². The third kappa shape index (κ3) is 3.20. The number of nitrogens with one attached hydrogen (secondary N) is 2. The van der Waals surface area contributed by atoms with E-state index in [2.05, 4.69) is 15.5 Å². The standard InChI is InChI=1S/C14H13ClFN3O3/c15-11-3-8(16)1-2-10(11)14(20)19-12-6-21-7-13(12)22-9-4-17-18-5-9/h1-5,12-13H,6-7H2,(H,17,18)(H,19,20)/t12-,13+/m0/s1. The van der Waals surface area contributed by atoms with Crippen molar-refractivity contribution in [3.05, 3.63) is 47.0 Å². The molecule has 0 saturated carbocycles. The molecule has 1 aromatic heterocycles. The molecule has 1 amide bonds. The second-order valence-corrected chi connectivity index (χ2v) is 5.24. The summed E-state index contributed by atoms with van der Waals surface area (Å²) < 4.78 is 24.1. The average molecular weight is 326 g/mol. The first kappa shape index (κ1) is 14.8. The van der Waals surface area contributed by atoms with Crippen molar-refractivity contribution in [1.82, 2.24) is 15.5 Å². The van der Waals surface area contributed by atoms with Crippen LogP contribution >= 0.6 is 11.6 Å². The molecule has 2 aromatic rings. The normalized spacial score (nSPS) is 20.8. The van der Waals surface area contributed by atoms with Gasteiger partial charge >= 0.3 is 0 Å². The molecular formula is C14H13ClFN3O3. The van der Waals surface area contributed by atoms with Gasteiger partial charge in [0.2, 0.25) is 0 Å². The zero-order chi connectivity index (χ0) is 15.5. The molecule has 1 aliphatic rings. The van der Waals surface area contributed by atoms with Crippen molar-refractivity contribution in [1.29, 1.82) is 0 Å². The molecule has 1 fully saturated rings. The van der Waals surface area contributed by atoms with Gasteiger partial charge in [0, 0.05) is 0 Å². The van der Waals surface area contributed by atoms with Crippen LogP contribution in [0.3, 0.4) is 0 Å². The predicted molar refractivity (Wildman–Crippen MR) is 76.5 cm³/mol. The van der Waals surface area contributed by atoms with E-state index in [1.165, 1.54) is 18.3 Å². The molecule has 3 rings (SSSR count). The Hall–Kier alpha value is -2.12. The fraction of sp³-hybridized carbons (Fsp3) is 0.286. The number of aromatic amines is 1. The molecule has 6 nitrogen and oxygen atoms in total. The monoisotopic (exact) mass is 325 g/mol. The zero-order valence-corrected chi connectivity index (χ0v) is 12.1. The molecule has 0 spiro atoms. The van der Waals surface area contributed by atoms with Gasteiger partial charge in [-0.2, -0.15) is 5.10 Å². The topological polar surface area (TPSA) is 76.2 Å². The molecule has 1 aliphatic heterocycles. The maximum atomic E-state index is 13.0. The van der Waals surface area contributed by atoms with Gasteiger partial charge in [0.15, 0.2) is 5.75 Å². The summed E-state index contributed by atoms with van der Waals surface area (Å²) in [5, 5.41) is 9.28. The van der Waals surface area contributed by atoms with Crippen LogP contribution < -0.4 is 10.1 Å². The molecule has 1 aromatic carbocycles. The van der Waals surface area contributed by atoms with Gasteiger partial charge in [-0.05, 0) is 18.2 Å². The van der Waals surface area contributed by atoms with Gasteiger partial charge in [-0.25, -0.2) is 4.39 Å². The molecule has 116 valence electrons. The van der Waals surface area contributed by atoms with Gasteiger partial charge in [0.1, 0.15) is 11.9 Å². The number of rotatable bonds is 4. The predicted octanol–water partition coefficient (Wildman–Crippen LogP) is 1.78. The lowest BCUT2D eigenvalue weighted by Gasteiger charge is -2.19. The Morgan fingerprint density at radius 2 is 2.36 bits per heavy atom. The fourth-order valence-electron chi connectivity index (χ4n) is 2.18. The number of halogens is 2. The number of hydrogen-bond donors (Lipinski definition) is 2. The largest absolute Gasteiger partial charge is 0.482 e. The number of benzene rings is 1. The smallest absolute Gasteiger partial charge is 0.253 e. The second kappa shape index (κ2) is 6.33. The molecule has 2 atom stereocenters. The Bertz CT molecular complexity index is 665. The lowest BCUT2D eigenvalue weighted by molar-refractivity contribution is 0.0904. The van der Waals surface area contributed by atoms with E-state index in [0.717, 1.165) is 6.07 Å². The molecule has 0 bridgehead atoms. The van der Waals surface area contributed by atoms with Crippen molar-refractivity contribution in [2.45, 2.75) is 12.1 Å². The summed E-state index contributed by atoms with van der Waals surface area (Å²) in [5.74, 6) is -0.331. The van der Waals surface area contributed by atoms with E-state index < -0.39 is 11.7 Å². The van der Waals surface area contributed by atoms with Crippen molar-refractivity contribution in [3.63, 3.8) is 0 Å². The highest BCUT2D eigenvalue weighted by Crippen LogP contribution is 2.19. The summed E-state index contributed by atoms with van der Waals surface area (Å²) in [6.07, 6.45) is 2.81. The first-order valence-electron chi connectivity index (χ1n) is 6.62. The highest BCUT2D eigenvalue weighted by Gasteiger charge is 2.32. The summed E-state index contributed by atoms with van der Waals surface area (Å²) in [4.78, 5) is 12.2. The third-order valence-electron chi connectivity index (χ3n) is 3.28. The van der Waals surface area contributed by atoms with Crippen LogP contribution in [0.15, 0.2) is 30.6 Å². The lowest BCUT2D eigenvalue weighted by Crippen LogP contribution is -2.45. The van der Waals surface area contributed by atoms with E-state index >= 15 is 0 Å². The van der Waals surface area contributed by atoms with Crippen LogP contribution in [0, 0.1) is 5.82 Å². The SMILES string of the molecule is O=C(N[C@H]1COC[C@H]1Oc1cn[nH]c1)c1ccc(F)cc1Cl. The second-order valence-electron chi connectivity index (χ2n) is 4.83. The molecule has 0 unspecified atom stereocenters. The van der Waals surface area contributed by atoms with E-state index in [0.29, 0.717) is 19.0 Å². The fourth-order valence-corrected chi connectivity index (χ4v) is 2.44. The molecule has 2 heterocycles. The van der Waals surface area contributed by atoms with Crippen LogP contribution in [0.25, 0.3) is 0 Å². The molecular weight excluding hydrogens is 313 g/mol. The quantitative estimate of drug-likeness (QED) is 0.898. The van der Waals surface area contributed by atoms with Crippen molar-refractivity contribution in [2.75, 3.05) is 13.2 Å². The van der Waals surface area contributed by atoms with Crippen LogP contribution in [-0.4, -0.2) is 41.5 Å². The minimum atomic E-state index is -0.494. The number of nitrogens with zero attached hydrogens (tertiary/aromatic N) is 1. The Balaban J connectivity index is 1.67. The van der Waals surface area contributed by atoms with Gasteiger partial charge in [0.25, 0.3) is 5.91 Å². The van der Waals surface area contributed by atoms with Crippen molar-refractivity contribution in [3.8, 4) is 5.75 Å². The van der Waals surface area contributed by atoms with Crippen LogP contribution in [0.5, 0.6) is 5.75 Å². The number of amides is 1. The summed E-state index contributed by atoms with van der Waals surface area (Å²) in [6.45, 7) is 0.681. The molecule has 0 aliphatic carbocycles. The Morgan fingerprint density at radius 1 is 1.50 bits per heavy atom. The maximum Gasteiger partial charge on any atom is 0.253 e.